The Balaban J connectivity index is 2.06. The molecule has 1 aromatic rings. The van der Waals surface area contributed by atoms with E-state index in [9.17, 15) is 4.79 Å². The molecule has 1 aliphatic rings. The Bertz CT molecular complexity index is 473. The third kappa shape index (κ3) is 3.52. The molecule has 102 valence electrons. The predicted molar refractivity (Wildman–Crippen MR) is 78.2 cm³/mol. The summed E-state index contributed by atoms with van der Waals surface area (Å²) in [6.45, 7) is 1.75. The van der Waals surface area contributed by atoms with Crippen molar-refractivity contribution in [2.75, 3.05) is 6.54 Å². The number of carbonyl (C=O) groups is 1. The lowest BCUT2D eigenvalue weighted by Gasteiger charge is -2.35. The second kappa shape index (κ2) is 6.12. The molecule has 19 heavy (non-hydrogen) atoms. The van der Waals surface area contributed by atoms with E-state index in [1.165, 1.54) is 0 Å². The maximum absolute atomic E-state index is 10.8. The SMILES string of the molecule is NC(=S)C1CCCCN1Cc1ccc(C(=O)O)cc1. The molecule has 1 atom stereocenters. The number of aromatic carboxylic acids is 1. The second-order valence-electron chi connectivity index (χ2n) is 4.89. The number of piperidine rings is 1. The van der Waals surface area contributed by atoms with Gasteiger partial charge < -0.3 is 10.8 Å². The normalized spacial score (nSPS) is 20.1. The van der Waals surface area contributed by atoms with Crippen LogP contribution in [0.1, 0.15) is 35.2 Å². The van der Waals surface area contributed by atoms with E-state index in [0.29, 0.717) is 10.6 Å². The molecule has 0 amide bonds. The number of likely N-dealkylation sites (tertiary alicyclic amines) is 1. The number of rotatable bonds is 4. The molecule has 1 heterocycles. The number of thiocarbonyl (C=S) groups is 1. The van der Waals surface area contributed by atoms with Crippen LogP contribution in [-0.2, 0) is 6.54 Å². The molecule has 0 aliphatic carbocycles. The molecule has 0 saturated carbocycles. The zero-order valence-electron chi connectivity index (χ0n) is 10.7. The van der Waals surface area contributed by atoms with Crippen molar-refractivity contribution in [3.63, 3.8) is 0 Å². The fourth-order valence-electron chi connectivity index (χ4n) is 2.49. The van der Waals surface area contributed by atoms with Crippen LogP contribution in [0, 0.1) is 0 Å². The summed E-state index contributed by atoms with van der Waals surface area (Å²) in [7, 11) is 0. The van der Waals surface area contributed by atoms with Crippen molar-refractivity contribution in [1.29, 1.82) is 0 Å². The Hall–Kier alpha value is -1.46. The van der Waals surface area contributed by atoms with Gasteiger partial charge in [0.2, 0.25) is 0 Å². The van der Waals surface area contributed by atoms with Crippen LogP contribution in [-0.4, -0.2) is 33.6 Å². The highest BCUT2D eigenvalue weighted by molar-refractivity contribution is 7.80. The molecular formula is C14H18N2O2S. The molecule has 1 fully saturated rings. The van der Waals surface area contributed by atoms with Gasteiger partial charge in [-0.15, -0.1) is 0 Å². The van der Waals surface area contributed by atoms with Crippen LogP contribution in [0.25, 0.3) is 0 Å². The molecule has 4 nitrogen and oxygen atoms in total. The molecule has 1 aliphatic heterocycles. The third-order valence-corrected chi connectivity index (χ3v) is 3.80. The average Bonchev–Trinajstić information content (AvgIpc) is 2.39. The van der Waals surface area contributed by atoms with Crippen LogP contribution in [0.3, 0.4) is 0 Å². The first kappa shape index (κ1) is 14.0. The molecule has 2 rings (SSSR count). The van der Waals surface area contributed by atoms with Crippen LogP contribution >= 0.6 is 12.2 Å². The van der Waals surface area contributed by atoms with Gasteiger partial charge in [0.1, 0.15) is 0 Å². The summed E-state index contributed by atoms with van der Waals surface area (Å²) in [6.07, 6.45) is 3.34. The Morgan fingerprint density at radius 2 is 2.05 bits per heavy atom. The summed E-state index contributed by atoms with van der Waals surface area (Å²) in [4.78, 5) is 13.6. The number of carboxylic acid groups (broad SMARTS) is 1. The molecule has 1 saturated heterocycles. The summed E-state index contributed by atoms with van der Waals surface area (Å²) in [5.74, 6) is -0.898. The average molecular weight is 278 g/mol. The number of hydrogen-bond donors (Lipinski definition) is 2. The molecule has 5 heteroatoms. The van der Waals surface area contributed by atoms with E-state index in [-0.39, 0.29) is 6.04 Å². The molecule has 1 unspecified atom stereocenters. The van der Waals surface area contributed by atoms with E-state index < -0.39 is 5.97 Å². The van der Waals surface area contributed by atoms with E-state index in [2.05, 4.69) is 4.90 Å². The number of nitrogens with zero attached hydrogens (tertiary/aromatic N) is 1. The number of benzene rings is 1. The van der Waals surface area contributed by atoms with Crippen molar-refractivity contribution in [2.45, 2.75) is 31.8 Å². The van der Waals surface area contributed by atoms with Gasteiger partial charge in [0.15, 0.2) is 0 Å². The smallest absolute Gasteiger partial charge is 0.335 e. The Kier molecular flexibility index (Phi) is 4.50. The van der Waals surface area contributed by atoms with Crippen molar-refractivity contribution >= 4 is 23.2 Å². The monoisotopic (exact) mass is 278 g/mol. The summed E-state index contributed by atoms with van der Waals surface area (Å²) in [6, 6.07) is 7.15. The van der Waals surface area contributed by atoms with Crippen molar-refractivity contribution in [3.8, 4) is 0 Å². The van der Waals surface area contributed by atoms with Gasteiger partial charge in [-0.2, -0.15) is 0 Å². The molecule has 0 bridgehead atoms. The lowest BCUT2D eigenvalue weighted by Crippen LogP contribution is -2.46. The van der Waals surface area contributed by atoms with Gasteiger partial charge >= 0.3 is 5.97 Å². The highest BCUT2D eigenvalue weighted by Gasteiger charge is 2.24. The fourth-order valence-corrected chi connectivity index (χ4v) is 2.76. The largest absolute Gasteiger partial charge is 0.478 e. The van der Waals surface area contributed by atoms with Crippen molar-refractivity contribution in [3.05, 3.63) is 35.4 Å². The van der Waals surface area contributed by atoms with E-state index in [1.54, 1.807) is 12.1 Å². The lowest BCUT2D eigenvalue weighted by atomic mass is 10.0. The van der Waals surface area contributed by atoms with Crippen molar-refractivity contribution in [1.82, 2.24) is 4.90 Å². The van der Waals surface area contributed by atoms with Gasteiger partial charge in [-0.1, -0.05) is 30.8 Å². The van der Waals surface area contributed by atoms with Crippen LogP contribution in [0.5, 0.6) is 0 Å². The van der Waals surface area contributed by atoms with Gasteiger partial charge in [0, 0.05) is 6.54 Å². The maximum atomic E-state index is 10.8. The molecule has 3 N–H and O–H groups in total. The highest BCUT2D eigenvalue weighted by Crippen LogP contribution is 2.20. The van der Waals surface area contributed by atoms with Gasteiger partial charge in [-0.05, 0) is 37.1 Å². The van der Waals surface area contributed by atoms with E-state index in [1.807, 2.05) is 12.1 Å². The molecule has 0 spiro atoms. The Morgan fingerprint density at radius 3 is 2.63 bits per heavy atom. The number of carboxylic acids is 1. The van der Waals surface area contributed by atoms with E-state index in [0.717, 1.165) is 37.9 Å². The number of hydrogen-bond acceptors (Lipinski definition) is 3. The minimum atomic E-state index is -0.898. The zero-order valence-corrected chi connectivity index (χ0v) is 11.5. The fraction of sp³-hybridized carbons (Fsp3) is 0.429. The highest BCUT2D eigenvalue weighted by atomic mass is 32.1. The minimum Gasteiger partial charge on any atom is -0.478 e. The topological polar surface area (TPSA) is 66.6 Å². The number of nitrogens with two attached hydrogens (primary N) is 1. The van der Waals surface area contributed by atoms with Gasteiger partial charge in [0.25, 0.3) is 0 Å². The van der Waals surface area contributed by atoms with Crippen molar-refractivity contribution < 1.29 is 9.90 Å². The summed E-state index contributed by atoms with van der Waals surface area (Å²) in [5, 5.41) is 8.87. The van der Waals surface area contributed by atoms with E-state index in [4.69, 9.17) is 23.1 Å². The molecule has 0 aromatic heterocycles. The zero-order chi connectivity index (χ0) is 13.8. The summed E-state index contributed by atoms with van der Waals surface area (Å²) in [5.41, 5.74) is 7.19. The Morgan fingerprint density at radius 1 is 1.37 bits per heavy atom. The predicted octanol–water partition coefficient (Wildman–Crippen LogP) is 2.03. The van der Waals surface area contributed by atoms with Gasteiger partial charge in [0.05, 0.1) is 16.6 Å². The third-order valence-electron chi connectivity index (χ3n) is 3.53. The Labute approximate surface area is 118 Å². The van der Waals surface area contributed by atoms with Crippen LogP contribution < -0.4 is 5.73 Å². The standard InChI is InChI=1S/C14H18N2O2S/c15-13(19)12-3-1-2-8-16(12)9-10-4-6-11(7-5-10)14(17)18/h4-7,12H,1-3,8-9H2,(H2,15,19)(H,17,18). The lowest BCUT2D eigenvalue weighted by molar-refractivity contribution is 0.0697. The van der Waals surface area contributed by atoms with Crippen LogP contribution in [0.2, 0.25) is 0 Å². The van der Waals surface area contributed by atoms with Gasteiger partial charge in [-0.25, -0.2) is 4.79 Å². The first-order valence-corrected chi connectivity index (χ1v) is 6.84. The second-order valence-corrected chi connectivity index (χ2v) is 5.36. The molecule has 1 aromatic carbocycles. The van der Waals surface area contributed by atoms with Gasteiger partial charge in [-0.3, -0.25) is 4.90 Å². The maximum Gasteiger partial charge on any atom is 0.335 e. The van der Waals surface area contributed by atoms with E-state index >= 15 is 0 Å². The van der Waals surface area contributed by atoms with Crippen molar-refractivity contribution in [2.24, 2.45) is 5.73 Å². The first-order chi connectivity index (χ1) is 9.08. The molecular weight excluding hydrogens is 260 g/mol. The first-order valence-electron chi connectivity index (χ1n) is 6.43. The quantitative estimate of drug-likeness (QED) is 0.825. The van der Waals surface area contributed by atoms with Crippen LogP contribution in [0.4, 0.5) is 0 Å². The summed E-state index contributed by atoms with van der Waals surface area (Å²) < 4.78 is 0. The summed E-state index contributed by atoms with van der Waals surface area (Å²) >= 11 is 5.12. The molecule has 0 radical (unpaired) electrons. The minimum absolute atomic E-state index is 0.169. The van der Waals surface area contributed by atoms with Crippen LogP contribution in [0.15, 0.2) is 24.3 Å².